The maximum absolute atomic E-state index is 6.05. The van der Waals surface area contributed by atoms with Crippen molar-refractivity contribution in [3.8, 4) is 0 Å². The van der Waals surface area contributed by atoms with E-state index in [2.05, 4.69) is 29.3 Å². The van der Waals surface area contributed by atoms with E-state index in [1.165, 1.54) is 43.4 Å². The number of nitrogens with zero attached hydrogens (tertiary/aromatic N) is 3. The van der Waals surface area contributed by atoms with E-state index in [1.807, 2.05) is 11.7 Å². The molecule has 1 saturated carbocycles. The highest BCUT2D eigenvalue weighted by molar-refractivity contribution is 14.0. The average Bonchev–Trinajstić information content (AvgIpc) is 2.81. The number of aryl methyl sites for hydroxylation is 2. The number of halogens is 1. The minimum atomic E-state index is 0. The smallest absolute Gasteiger partial charge is 0.189 e. The molecular formula is C16H30IN5. The third-order valence-corrected chi connectivity index (χ3v) is 4.39. The van der Waals surface area contributed by atoms with E-state index in [1.54, 1.807) is 0 Å². The number of aliphatic imine (C=N–C) groups is 1. The fourth-order valence-electron chi connectivity index (χ4n) is 3.24. The molecule has 1 aliphatic carbocycles. The molecule has 3 N–H and O–H groups in total. The summed E-state index contributed by atoms with van der Waals surface area (Å²) in [6.45, 7) is 4.93. The lowest BCUT2D eigenvalue weighted by molar-refractivity contribution is 0.412. The second-order valence-electron chi connectivity index (χ2n) is 5.88. The molecule has 0 aromatic carbocycles. The Morgan fingerprint density at radius 1 is 1.27 bits per heavy atom. The average molecular weight is 419 g/mol. The largest absolute Gasteiger partial charge is 0.370 e. The number of nitrogens with one attached hydrogen (secondary N) is 1. The van der Waals surface area contributed by atoms with Crippen LogP contribution in [0.1, 0.15) is 62.9 Å². The van der Waals surface area contributed by atoms with Gasteiger partial charge in [-0.1, -0.05) is 33.1 Å². The lowest BCUT2D eigenvalue weighted by Crippen LogP contribution is -2.41. The van der Waals surface area contributed by atoms with E-state index in [4.69, 9.17) is 5.73 Å². The van der Waals surface area contributed by atoms with E-state index >= 15 is 0 Å². The molecular weight excluding hydrogens is 389 g/mol. The van der Waals surface area contributed by atoms with Crippen LogP contribution in [0.4, 0.5) is 0 Å². The van der Waals surface area contributed by atoms with Crippen molar-refractivity contribution in [3.05, 3.63) is 17.0 Å². The molecule has 0 amide bonds. The molecule has 6 heteroatoms. The number of rotatable bonds is 5. The monoisotopic (exact) mass is 419 g/mol. The molecule has 0 spiro atoms. The summed E-state index contributed by atoms with van der Waals surface area (Å²) in [5.41, 5.74) is 9.71. The van der Waals surface area contributed by atoms with Crippen molar-refractivity contribution < 1.29 is 0 Å². The van der Waals surface area contributed by atoms with Gasteiger partial charge in [0, 0.05) is 24.3 Å². The minimum Gasteiger partial charge on any atom is -0.370 e. The molecule has 1 fully saturated rings. The molecule has 5 nitrogen and oxygen atoms in total. The van der Waals surface area contributed by atoms with Crippen LogP contribution < -0.4 is 11.1 Å². The van der Waals surface area contributed by atoms with E-state index in [9.17, 15) is 0 Å². The van der Waals surface area contributed by atoms with Crippen LogP contribution in [0, 0.1) is 0 Å². The van der Waals surface area contributed by atoms with Crippen molar-refractivity contribution in [2.24, 2.45) is 17.8 Å². The second-order valence-corrected chi connectivity index (χ2v) is 5.88. The van der Waals surface area contributed by atoms with Crippen molar-refractivity contribution >= 4 is 29.9 Å². The molecule has 1 aromatic rings. The highest BCUT2D eigenvalue weighted by Gasteiger charge is 2.15. The second kappa shape index (κ2) is 9.37. The molecule has 0 radical (unpaired) electrons. The minimum absolute atomic E-state index is 0. The zero-order valence-corrected chi connectivity index (χ0v) is 16.4. The molecule has 2 rings (SSSR count). The summed E-state index contributed by atoms with van der Waals surface area (Å²) in [5, 5.41) is 7.95. The number of aromatic nitrogens is 2. The van der Waals surface area contributed by atoms with Gasteiger partial charge in [-0.2, -0.15) is 5.10 Å². The van der Waals surface area contributed by atoms with E-state index in [0.717, 1.165) is 18.5 Å². The van der Waals surface area contributed by atoms with Crippen LogP contribution in [-0.2, 0) is 26.4 Å². The topological polar surface area (TPSA) is 68.2 Å². The molecule has 0 unspecified atom stereocenters. The summed E-state index contributed by atoms with van der Waals surface area (Å²) in [6, 6.07) is 0.507. The lowest BCUT2D eigenvalue weighted by Gasteiger charge is -2.23. The SMILES string of the molecule is CCc1nn(C)c(CC)c1CN=C(N)NC1CCCCC1.I. The predicted molar refractivity (Wildman–Crippen MR) is 103 cm³/mol. The predicted octanol–water partition coefficient (Wildman–Crippen LogP) is 2.90. The first-order valence-electron chi connectivity index (χ1n) is 8.25. The van der Waals surface area contributed by atoms with E-state index in [0.29, 0.717) is 18.5 Å². The van der Waals surface area contributed by atoms with Gasteiger partial charge in [-0.05, 0) is 25.7 Å². The number of guanidine groups is 1. The molecule has 0 bridgehead atoms. The van der Waals surface area contributed by atoms with Crippen molar-refractivity contribution in [2.75, 3.05) is 0 Å². The van der Waals surface area contributed by atoms with Gasteiger partial charge in [-0.15, -0.1) is 24.0 Å². The Bertz CT molecular complexity index is 489. The Balaban J connectivity index is 0.00000242. The Morgan fingerprint density at radius 3 is 2.55 bits per heavy atom. The zero-order valence-electron chi connectivity index (χ0n) is 14.1. The zero-order chi connectivity index (χ0) is 15.2. The number of hydrogen-bond donors (Lipinski definition) is 2. The fourth-order valence-corrected chi connectivity index (χ4v) is 3.24. The van der Waals surface area contributed by atoms with Crippen molar-refractivity contribution in [3.63, 3.8) is 0 Å². The Morgan fingerprint density at radius 2 is 1.95 bits per heavy atom. The first-order valence-corrected chi connectivity index (χ1v) is 8.25. The van der Waals surface area contributed by atoms with Crippen LogP contribution >= 0.6 is 24.0 Å². The highest BCUT2D eigenvalue weighted by atomic mass is 127. The van der Waals surface area contributed by atoms with E-state index < -0.39 is 0 Å². The third kappa shape index (κ3) is 4.86. The van der Waals surface area contributed by atoms with Gasteiger partial charge in [0.1, 0.15) is 0 Å². The van der Waals surface area contributed by atoms with Crippen LogP contribution in [0.3, 0.4) is 0 Å². The van der Waals surface area contributed by atoms with Gasteiger partial charge in [0.05, 0.1) is 12.2 Å². The molecule has 22 heavy (non-hydrogen) atoms. The van der Waals surface area contributed by atoms with Gasteiger partial charge < -0.3 is 11.1 Å². The maximum atomic E-state index is 6.05. The Kier molecular flexibility index (Phi) is 8.20. The van der Waals surface area contributed by atoms with Gasteiger partial charge in [-0.25, -0.2) is 4.99 Å². The standard InChI is InChI=1S/C16H29N5.HI/c1-4-14-13(15(5-2)21(3)20-14)11-18-16(17)19-12-9-7-6-8-10-12;/h12H,4-11H2,1-3H3,(H3,17,18,19);1H. The van der Waals surface area contributed by atoms with Gasteiger partial charge >= 0.3 is 0 Å². The summed E-state index contributed by atoms with van der Waals surface area (Å²) < 4.78 is 1.98. The summed E-state index contributed by atoms with van der Waals surface area (Å²) in [4.78, 5) is 4.55. The van der Waals surface area contributed by atoms with Crippen molar-refractivity contribution in [2.45, 2.75) is 71.4 Å². The van der Waals surface area contributed by atoms with Gasteiger partial charge in [0.25, 0.3) is 0 Å². The van der Waals surface area contributed by atoms with Gasteiger partial charge in [0.15, 0.2) is 5.96 Å². The summed E-state index contributed by atoms with van der Waals surface area (Å²) in [5.74, 6) is 0.579. The molecule has 1 heterocycles. The molecule has 0 aliphatic heterocycles. The van der Waals surface area contributed by atoms with Crippen molar-refractivity contribution in [1.82, 2.24) is 15.1 Å². The van der Waals surface area contributed by atoms with E-state index in [-0.39, 0.29) is 24.0 Å². The quantitative estimate of drug-likeness (QED) is 0.438. The fraction of sp³-hybridized carbons (Fsp3) is 0.750. The molecule has 1 aromatic heterocycles. The molecule has 1 aliphatic rings. The normalized spacial score (nSPS) is 16.4. The van der Waals surface area contributed by atoms with Crippen LogP contribution in [0.15, 0.2) is 4.99 Å². The first kappa shape index (κ1) is 19.3. The Labute approximate surface area is 151 Å². The molecule has 126 valence electrons. The number of nitrogens with two attached hydrogens (primary N) is 1. The summed E-state index contributed by atoms with van der Waals surface area (Å²) >= 11 is 0. The van der Waals surface area contributed by atoms with Gasteiger partial charge in [-0.3, -0.25) is 4.68 Å². The Hall–Kier alpha value is -0.790. The lowest BCUT2D eigenvalue weighted by atomic mass is 9.96. The van der Waals surface area contributed by atoms with Crippen molar-refractivity contribution in [1.29, 1.82) is 0 Å². The first-order chi connectivity index (χ1) is 10.2. The van der Waals surface area contributed by atoms with Crippen LogP contribution in [0.2, 0.25) is 0 Å². The summed E-state index contributed by atoms with van der Waals surface area (Å²) in [6.07, 6.45) is 8.29. The van der Waals surface area contributed by atoms with Crippen LogP contribution in [0.5, 0.6) is 0 Å². The highest BCUT2D eigenvalue weighted by Crippen LogP contribution is 2.18. The molecule has 0 saturated heterocycles. The summed E-state index contributed by atoms with van der Waals surface area (Å²) in [7, 11) is 2.01. The maximum Gasteiger partial charge on any atom is 0.189 e. The number of hydrogen-bond acceptors (Lipinski definition) is 2. The van der Waals surface area contributed by atoms with Crippen LogP contribution in [0.25, 0.3) is 0 Å². The molecule has 0 atom stereocenters. The van der Waals surface area contributed by atoms with Gasteiger partial charge in [0.2, 0.25) is 0 Å². The van der Waals surface area contributed by atoms with Crippen LogP contribution in [-0.4, -0.2) is 21.8 Å². The third-order valence-electron chi connectivity index (χ3n) is 4.39.